The van der Waals surface area contributed by atoms with E-state index in [1.54, 1.807) is 36.1 Å². The van der Waals surface area contributed by atoms with Crippen molar-refractivity contribution in [3.05, 3.63) is 29.3 Å². The Morgan fingerprint density at radius 3 is 2.29 bits per heavy atom. The van der Waals surface area contributed by atoms with Crippen LogP contribution in [-0.2, 0) is 4.79 Å². The zero-order chi connectivity index (χ0) is 12.8. The number of benzene rings is 1. The van der Waals surface area contributed by atoms with Gasteiger partial charge >= 0.3 is 0 Å². The molecule has 0 fully saturated rings. The normalized spacial score (nSPS) is 12.0. The van der Waals surface area contributed by atoms with Crippen LogP contribution in [-0.4, -0.2) is 30.0 Å². The molecule has 3 nitrogen and oxygen atoms in total. The van der Waals surface area contributed by atoms with E-state index in [1.807, 2.05) is 13.8 Å². The van der Waals surface area contributed by atoms with E-state index in [4.69, 9.17) is 16.3 Å². The third kappa shape index (κ3) is 3.93. The number of halogens is 1. The first-order valence-electron chi connectivity index (χ1n) is 5.79. The minimum atomic E-state index is -0.476. The molecule has 0 aliphatic rings. The van der Waals surface area contributed by atoms with Crippen molar-refractivity contribution in [3.63, 3.8) is 0 Å². The van der Waals surface area contributed by atoms with Gasteiger partial charge in [-0.3, -0.25) is 4.79 Å². The van der Waals surface area contributed by atoms with Crippen LogP contribution in [0.1, 0.15) is 20.8 Å². The Bertz CT molecular complexity index is 360. The molecule has 0 heterocycles. The van der Waals surface area contributed by atoms with Crippen LogP contribution >= 0.6 is 11.6 Å². The molecule has 0 saturated heterocycles. The van der Waals surface area contributed by atoms with Crippen molar-refractivity contribution in [1.29, 1.82) is 0 Å². The summed E-state index contributed by atoms with van der Waals surface area (Å²) in [7, 11) is 0. The number of likely N-dealkylation sites (N-methyl/N-ethyl adjacent to an activating group) is 1. The lowest BCUT2D eigenvalue weighted by atomic mass is 10.3. The van der Waals surface area contributed by atoms with Gasteiger partial charge in [0.25, 0.3) is 5.91 Å². The summed E-state index contributed by atoms with van der Waals surface area (Å²) in [6, 6.07) is 7.00. The van der Waals surface area contributed by atoms with Crippen molar-refractivity contribution in [1.82, 2.24) is 4.90 Å². The van der Waals surface area contributed by atoms with Crippen LogP contribution in [0.2, 0.25) is 5.02 Å². The molecule has 94 valence electrons. The van der Waals surface area contributed by atoms with Gasteiger partial charge in [0.1, 0.15) is 5.75 Å². The molecular formula is C13H18ClNO2. The predicted octanol–water partition coefficient (Wildman–Crippen LogP) is 2.98. The number of carbonyl (C=O) groups excluding carboxylic acids is 1. The molecule has 1 aromatic rings. The van der Waals surface area contributed by atoms with E-state index < -0.39 is 6.10 Å². The monoisotopic (exact) mass is 255 g/mol. The third-order valence-corrected chi connectivity index (χ3v) is 2.80. The van der Waals surface area contributed by atoms with Crippen LogP contribution in [0.15, 0.2) is 24.3 Å². The maximum atomic E-state index is 12.0. The molecule has 0 radical (unpaired) electrons. The standard InChI is InChI=1S/C13H18ClNO2/c1-4-15(5-2)13(16)10(3)17-12-8-6-11(14)7-9-12/h6-10H,4-5H2,1-3H3/t10-/m0/s1. The molecule has 1 amide bonds. The van der Waals surface area contributed by atoms with Crippen molar-refractivity contribution in [2.75, 3.05) is 13.1 Å². The van der Waals surface area contributed by atoms with Gasteiger partial charge < -0.3 is 9.64 Å². The van der Waals surface area contributed by atoms with Crippen LogP contribution in [0.3, 0.4) is 0 Å². The molecule has 0 aliphatic heterocycles. The van der Waals surface area contributed by atoms with Gasteiger partial charge in [-0.1, -0.05) is 11.6 Å². The van der Waals surface area contributed by atoms with Gasteiger partial charge in [0.15, 0.2) is 6.10 Å². The van der Waals surface area contributed by atoms with E-state index in [1.165, 1.54) is 0 Å². The van der Waals surface area contributed by atoms with E-state index in [-0.39, 0.29) is 5.91 Å². The first-order valence-corrected chi connectivity index (χ1v) is 6.17. The van der Waals surface area contributed by atoms with Crippen molar-refractivity contribution < 1.29 is 9.53 Å². The molecule has 0 aliphatic carbocycles. The van der Waals surface area contributed by atoms with Crippen LogP contribution in [0, 0.1) is 0 Å². The van der Waals surface area contributed by atoms with E-state index >= 15 is 0 Å². The fourth-order valence-corrected chi connectivity index (χ4v) is 1.69. The SMILES string of the molecule is CCN(CC)C(=O)[C@H](C)Oc1ccc(Cl)cc1. The zero-order valence-electron chi connectivity index (χ0n) is 10.4. The smallest absolute Gasteiger partial charge is 0.263 e. The second-order valence-electron chi connectivity index (χ2n) is 3.72. The summed E-state index contributed by atoms with van der Waals surface area (Å²) >= 11 is 5.78. The van der Waals surface area contributed by atoms with Gasteiger partial charge in [-0.25, -0.2) is 0 Å². The highest BCUT2D eigenvalue weighted by Crippen LogP contribution is 2.17. The van der Waals surface area contributed by atoms with Gasteiger partial charge in [0.2, 0.25) is 0 Å². The molecule has 4 heteroatoms. The number of carbonyl (C=O) groups is 1. The van der Waals surface area contributed by atoms with Gasteiger partial charge in [-0.2, -0.15) is 0 Å². The molecule has 0 saturated carbocycles. The van der Waals surface area contributed by atoms with Crippen LogP contribution in [0.4, 0.5) is 0 Å². The van der Waals surface area contributed by atoms with E-state index in [9.17, 15) is 4.79 Å². The third-order valence-electron chi connectivity index (χ3n) is 2.55. The number of hydrogen-bond acceptors (Lipinski definition) is 2. The summed E-state index contributed by atoms with van der Waals surface area (Å²) in [6.45, 7) is 7.06. The average molecular weight is 256 g/mol. The summed E-state index contributed by atoms with van der Waals surface area (Å²) in [4.78, 5) is 13.7. The summed E-state index contributed by atoms with van der Waals surface area (Å²) in [5.41, 5.74) is 0. The lowest BCUT2D eigenvalue weighted by molar-refractivity contribution is -0.137. The minimum absolute atomic E-state index is 0.00458. The van der Waals surface area contributed by atoms with Crippen molar-refractivity contribution >= 4 is 17.5 Å². The Morgan fingerprint density at radius 2 is 1.82 bits per heavy atom. The van der Waals surface area contributed by atoms with Crippen molar-refractivity contribution in [2.24, 2.45) is 0 Å². The minimum Gasteiger partial charge on any atom is -0.481 e. The topological polar surface area (TPSA) is 29.5 Å². The van der Waals surface area contributed by atoms with Crippen LogP contribution in [0.5, 0.6) is 5.75 Å². The highest BCUT2D eigenvalue weighted by Gasteiger charge is 2.19. The molecule has 1 aromatic carbocycles. The summed E-state index contributed by atoms with van der Waals surface area (Å²) < 4.78 is 5.57. The first-order chi connectivity index (χ1) is 8.08. The van der Waals surface area contributed by atoms with Crippen LogP contribution in [0.25, 0.3) is 0 Å². The molecule has 0 bridgehead atoms. The molecule has 0 aromatic heterocycles. The molecule has 1 atom stereocenters. The fraction of sp³-hybridized carbons (Fsp3) is 0.462. The molecule has 0 unspecified atom stereocenters. The highest BCUT2D eigenvalue weighted by atomic mass is 35.5. The maximum Gasteiger partial charge on any atom is 0.263 e. The molecule has 0 N–H and O–H groups in total. The van der Waals surface area contributed by atoms with Gasteiger partial charge in [0.05, 0.1) is 0 Å². The lowest BCUT2D eigenvalue weighted by Crippen LogP contribution is -2.40. The molecular weight excluding hydrogens is 238 g/mol. The van der Waals surface area contributed by atoms with Gasteiger partial charge in [-0.15, -0.1) is 0 Å². The van der Waals surface area contributed by atoms with Gasteiger partial charge in [-0.05, 0) is 45.0 Å². The summed E-state index contributed by atoms with van der Waals surface area (Å²) in [5.74, 6) is 0.660. The zero-order valence-corrected chi connectivity index (χ0v) is 11.2. The van der Waals surface area contributed by atoms with Crippen molar-refractivity contribution in [2.45, 2.75) is 26.9 Å². The predicted molar refractivity (Wildman–Crippen MR) is 69.5 cm³/mol. The second-order valence-corrected chi connectivity index (χ2v) is 4.16. The van der Waals surface area contributed by atoms with Crippen LogP contribution < -0.4 is 4.74 Å². The Kier molecular flexibility index (Phi) is 5.29. The van der Waals surface area contributed by atoms with Gasteiger partial charge in [0, 0.05) is 18.1 Å². The average Bonchev–Trinajstić information content (AvgIpc) is 2.33. The highest BCUT2D eigenvalue weighted by molar-refractivity contribution is 6.30. The molecule has 17 heavy (non-hydrogen) atoms. The number of hydrogen-bond donors (Lipinski definition) is 0. The van der Waals surface area contributed by atoms with E-state index in [0.29, 0.717) is 23.9 Å². The van der Waals surface area contributed by atoms with E-state index in [2.05, 4.69) is 0 Å². The maximum absolute atomic E-state index is 12.0. The Balaban J connectivity index is 2.62. The number of nitrogens with zero attached hydrogens (tertiary/aromatic N) is 1. The van der Waals surface area contributed by atoms with Crippen molar-refractivity contribution in [3.8, 4) is 5.75 Å². The Morgan fingerprint density at radius 1 is 1.29 bits per heavy atom. The lowest BCUT2D eigenvalue weighted by Gasteiger charge is -2.23. The quantitative estimate of drug-likeness (QED) is 0.810. The largest absolute Gasteiger partial charge is 0.481 e. The fourth-order valence-electron chi connectivity index (χ4n) is 1.56. The summed E-state index contributed by atoms with van der Waals surface area (Å²) in [5, 5.41) is 0.653. The number of ether oxygens (including phenoxy) is 1. The first kappa shape index (κ1) is 13.8. The number of rotatable bonds is 5. The number of amides is 1. The molecule has 0 spiro atoms. The Labute approximate surface area is 107 Å². The Hall–Kier alpha value is -1.22. The summed E-state index contributed by atoms with van der Waals surface area (Å²) in [6.07, 6.45) is -0.476. The van der Waals surface area contributed by atoms with E-state index in [0.717, 1.165) is 0 Å². The molecule has 1 rings (SSSR count). The second kappa shape index (κ2) is 6.50.